The number of hydrogen-bond acceptors (Lipinski definition) is 5. The van der Waals surface area contributed by atoms with Crippen molar-refractivity contribution in [1.29, 1.82) is 0 Å². The molecule has 1 amide bonds. The number of esters is 1. The summed E-state index contributed by atoms with van der Waals surface area (Å²) in [6.07, 6.45) is 5.44. The van der Waals surface area contributed by atoms with Gasteiger partial charge in [-0.2, -0.15) is 0 Å². The predicted molar refractivity (Wildman–Crippen MR) is 157 cm³/mol. The second-order valence-corrected chi connectivity index (χ2v) is 10.2. The number of hydrogen-bond donors (Lipinski definition) is 1. The lowest BCUT2D eigenvalue weighted by molar-refractivity contribution is -0.137. The van der Waals surface area contributed by atoms with E-state index >= 15 is 0 Å². The number of benzene rings is 3. The Morgan fingerprint density at radius 3 is 2.15 bits per heavy atom. The minimum Gasteiger partial charge on any atom is -0.463 e. The van der Waals surface area contributed by atoms with Crippen LogP contribution in [0.2, 0.25) is 0 Å². The zero-order chi connectivity index (χ0) is 27.8. The van der Waals surface area contributed by atoms with E-state index in [0.717, 1.165) is 33.6 Å². The summed E-state index contributed by atoms with van der Waals surface area (Å²) in [5.41, 5.74) is 6.03. The maximum atomic E-state index is 13.8. The number of carbonyl (C=O) groups is 2. The summed E-state index contributed by atoms with van der Waals surface area (Å²) in [7, 11) is 4.05. The minimum atomic E-state index is -0.395. The summed E-state index contributed by atoms with van der Waals surface area (Å²) in [5.74, 6) is -0.452. The Bertz CT molecular complexity index is 1270. The summed E-state index contributed by atoms with van der Waals surface area (Å²) in [6.45, 7) is 2.53. The van der Waals surface area contributed by atoms with Crippen molar-refractivity contribution in [3.8, 4) is 11.1 Å². The molecule has 1 aliphatic rings. The molecule has 0 spiro atoms. The number of aliphatic hydroxyl groups is 1. The molecule has 39 heavy (non-hydrogen) atoms. The largest absolute Gasteiger partial charge is 0.463 e. The Hall–Kier alpha value is -3.90. The van der Waals surface area contributed by atoms with Crippen LogP contribution in [-0.2, 0) is 20.9 Å². The van der Waals surface area contributed by atoms with Crippen LogP contribution in [0.5, 0.6) is 0 Å². The average molecular weight is 527 g/mol. The van der Waals surface area contributed by atoms with Gasteiger partial charge in [0.15, 0.2) is 0 Å². The number of anilines is 2. The van der Waals surface area contributed by atoms with Gasteiger partial charge in [0.05, 0.1) is 19.3 Å². The van der Waals surface area contributed by atoms with Crippen LogP contribution in [0.4, 0.5) is 11.4 Å². The van der Waals surface area contributed by atoms with Gasteiger partial charge in [-0.25, -0.2) is 4.79 Å². The third kappa shape index (κ3) is 7.58. The van der Waals surface area contributed by atoms with Crippen LogP contribution in [0.15, 0.2) is 78.9 Å². The van der Waals surface area contributed by atoms with Gasteiger partial charge in [-0.15, -0.1) is 0 Å². The van der Waals surface area contributed by atoms with Crippen LogP contribution < -0.4 is 9.80 Å². The van der Waals surface area contributed by atoms with E-state index in [1.54, 1.807) is 13.0 Å². The Balaban J connectivity index is 1.57. The highest BCUT2D eigenvalue weighted by Gasteiger charge is 2.29. The van der Waals surface area contributed by atoms with Crippen LogP contribution in [0, 0.1) is 5.92 Å². The minimum absolute atomic E-state index is 0.0665. The average Bonchev–Trinajstić information content (AvgIpc) is 2.95. The van der Waals surface area contributed by atoms with Crippen molar-refractivity contribution in [3.05, 3.63) is 90.0 Å². The van der Waals surface area contributed by atoms with E-state index in [1.165, 1.54) is 6.08 Å². The molecule has 0 saturated heterocycles. The van der Waals surface area contributed by atoms with Crippen molar-refractivity contribution in [1.82, 2.24) is 0 Å². The standard InChI is InChI=1S/C33H38N2O4/c1-4-39-32(37)21-10-24-6-5-7-30(22-24)35(33(38)28-15-19-31(36)20-16-28)23-25-8-11-26(12-9-25)27-13-17-29(18-14-27)34(2)3/h5-14,17-18,21-22,28,31,36H,4,15-16,19-20,23H2,1-3H3. The van der Waals surface area contributed by atoms with E-state index in [9.17, 15) is 14.7 Å². The molecule has 0 aliphatic heterocycles. The van der Waals surface area contributed by atoms with Gasteiger partial charge in [-0.1, -0.05) is 48.5 Å². The van der Waals surface area contributed by atoms with Gasteiger partial charge < -0.3 is 19.6 Å². The number of rotatable bonds is 9. The molecule has 6 nitrogen and oxygen atoms in total. The van der Waals surface area contributed by atoms with Gasteiger partial charge in [0.1, 0.15) is 0 Å². The zero-order valence-corrected chi connectivity index (χ0v) is 23.0. The molecule has 0 atom stereocenters. The molecular formula is C33H38N2O4. The third-order valence-electron chi connectivity index (χ3n) is 7.20. The fourth-order valence-electron chi connectivity index (χ4n) is 4.93. The van der Waals surface area contributed by atoms with Crippen LogP contribution in [0.25, 0.3) is 17.2 Å². The number of nitrogens with zero attached hydrogens (tertiary/aromatic N) is 2. The summed E-state index contributed by atoms with van der Waals surface area (Å²) in [4.78, 5) is 29.5. The highest BCUT2D eigenvalue weighted by atomic mass is 16.5. The van der Waals surface area contributed by atoms with Gasteiger partial charge in [0.25, 0.3) is 0 Å². The lowest BCUT2D eigenvalue weighted by Gasteiger charge is -2.31. The first-order valence-electron chi connectivity index (χ1n) is 13.6. The summed E-state index contributed by atoms with van der Waals surface area (Å²) in [5, 5.41) is 9.97. The molecule has 1 aliphatic carbocycles. The number of amides is 1. The molecular weight excluding hydrogens is 488 g/mol. The summed E-state index contributed by atoms with van der Waals surface area (Å²) < 4.78 is 4.99. The van der Waals surface area contributed by atoms with Crippen molar-refractivity contribution in [3.63, 3.8) is 0 Å². The Labute approximate surface area is 231 Å². The van der Waals surface area contributed by atoms with Crippen LogP contribution in [0.3, 0.4) is 0 Å². The molecule has 1 N–H and O–H groups in total. The molecule has 1 saturated carbocycles. The molecule has 0 unspecified atom stereocenters. The fraction of sp³-hybridized carbons (Fsp3) is 0.333. The zero-order valence-electron chi connectivity index (χ0n) is 23.0. The van der Waals surface area contributed by atoms with Gasteiger partial charge >= 0.3 is 5.97 Å². The topological polar surface area (TPSA) is 70.1 Å². The SMILES string of the molecule is CCOC(=O)C=Cc1cccc(N(Cc2ccc(-c3ccc(N(C)C)cc3)cc2)C(=O)C2CCC(O)CC2)c1. The normalized spacial score (nSPS) is 17.1. The molecule has 204 valence electrons. The van der Waals surface area contributed by atoms with Gasteiger partial charge in [-0.3, -0.25) is 4.79 Å². The maximum Gasteiger partial charge on any atom is 0.330 e. The van der Waals surface area contributed by atoms with E-state index in [2.05, 4.69) is 53.4 Å². The quantitative estimate of drug-likeness (QED) is 0.270. The molecule has 0 aromatic heterocycles. The van der Waals surface area contributed by atoms with Crippen molar-refractivity contribution in [2.75, 3.05) is 30.5 Å². The van der Waals surface area contributed by atoms with Gasteiger partial charge in [-0.05, 0) is 85.2 Å². The molecule has 4 rings (SSSR count). The van der Waals surface area contributed by atoms with Crippen LogP contribution in [0.1, 0.15) is 43.7 Å². The number of aliphatic hydroxyl groups excluding tert-OH is 1. The van der Waals surface area contributed by atoms with E-state index in [0.29, 0.717) is 38.8 Å². The second kappa shape index (κ2) is 13.3. The molecule has 3 aromatic rings. The first kappa shape index (κ1) is 28.1. The van der Waals surface area contributed by atoms with Crippen molar-refractivity contribution < 1.29 is 19.4 Å². The van der Waals surface area contributed by atoms with E-state index < -0.39 is 5.97 Å². The Morgan fingerprint density at radius 2 is 1.54 bits per heavy atom. The fourth-order valence-corrected chi connectivity index (χ4v) is 4.93. The third-order valence-corrected chi connectivity index (χ3v) is 7.20. The van der Waals surface area contributed by atoms with Crippen molar-refractivity contribution in [2.45, 2.75) is 45.3 Å². The smallest absolute Gasteiger partial charge is 0.330 e. The maximum absolute atomic E-state index is 13.8. The van der Waals surface area contributed by atoms with Crippen molar-refractivity contribution in [2.24, 2.45) is 5.92 Å². The summed E-state index contributed by atoms with van der Waals surface area (Å²) >= 11 is 0. The highest BCUT2D eigenvalue weighted by Crippen LogP contribution is 2.30. The lowest BCUT2D eigenvalue weighted by Crippen LogP contribution is -2.38. The second-order valence-electron chi connectivity index (χ2n) is 10.2. The van der Waals surface area contributed by atoms with Crippen molar-refractivity contribution >= 4 is 29.3 Å². The monoisotopic (exact) mass is 526 g/mol. The molecule has 1 fully saturated rings. The lowest BCUT2D eigenvalue weighted by atomic mass is 9.86. The van der Waals surface area contributed by atoms with Gasteiger partial charge in [0.2, 0.25) is 5.91 Å². The number of ether oxygens (including phenoxy) is 1. The number of carbonyl (C=O) groups excluding carboxylic acids is 2. The first-order valence-corrected chi connectivity index (χ1v) is 13.6. The molecule has 3 aromatic carbocycles. The van der Waals surface area contributed by atoms with E-state index in [4.69, 9.17) is 4.74 Å². The van der Waals surface area contributed by atoms with Crippen LogP contribution >= 0.6 is 0 Å². The van der Waals surface area contributed by atoms with E-state index in [-0.39, 0.29) is 17.9 Å². The van der Waals surface area contributed by atoms with Crippen LogP contribution in [-0.4, -0.2) is 43.8 Å². The van der Waals surface area contributed by atoms with E-state index in [1.807, 2.05) is 43.3 Å². The highest BCUT2D eigenvalue weighted by molar-refractivity contribution is 5.95. The predicted octanol–water partition coefficient (Wildman–Crippen LogP) is 6.08. The Kier molecular flexibility index (Phi) is 9.55. The Morgan fingerprint density at radius 1 is 0.897 bits per heavy atom. The molecule has 0 heterocycles. The molecule has 0 radical (unpaired) electrons. The summed E-state index contributed by atoms with van der Waals surface area (Å²) in [6, 6.07) is 24.4. The van der Waals surface area contributed by atoms with Gasteiger partial charge in [0, 0.05) is 37.5 Å². The first-order chi connectivity index (χ1) is 18.8. The molecule has 0 bridgehead atoms. The molecule has 6 heteroatoms.